The zero-order valence-corrected chi connectivity index (χ0v) is 19.0. The Kier molecular flexibility index (Phi) is 7.87. The summed E-state index contributed by atoms with van der Waals surface area (Å²) in [7, 11) is 3.05. The Bertz CT molecular complexity index is 946. The van der Waals surface area contributed by atoms with Crippen molar-refractivity contribution < 1.29 is 19.1 Å². The minimum atomic E-state index is -0.269. The van der Waals surface area contributed by atoms with Crippen LogP contribution < -0.4 is 19.7 Å². The molecule has 0 aliphatic carbocycles. The summed E-state index contributed by atoms with van der Waals surface area (Å²) in [6.07, 6.45) is 0.233. The number of carbonyl (C=O) groups is 2. The number of piperazine rings is 1. The van der Waals surface area contributed by atoms with Crippen LogP contribution in [-0.2, 0) is 4.79 Å². The van der Waals surface area contributed by atoms with Gasteiger partial charge in [-0.15, -0.1) is 0 Å². The van der Waals surface area contributed by atoms with Crippen molar-refractivity contribution in [2.24, 2.45) is 0 Å². The molecule has 0 bridgehead atoms. The number of nitrogens with zero attached hydrogens (tertiary/aromatic N) is 2. The first-order chi connectivity index (χ1) is 14.9. The molecule has 2 aromatic carbocycles. The number of anilines is 1. The van der Waals surface area contributed by atoms with Gasteiger partial charge in [0, 0.05) is 44.7 Å². The molecule has 166 valence electrons. The van der Waals surface area contributed by atoms with Gasteiger partial charge in [-0.05, 0) is 30.3 Å². The largest absolute Gasteiger partial charge is 0.493 e. The highest BCUT2D eigenvalue weighted by molar-refractivity contribution is 6.43. The van der Waals surface area contributed by atoms with Crippen LogP contribution in [0.4, 0.5) is 5.69 Å². The van der Waals surface area contributed by atoms with Crippen molar-refractivity contribution in [1.82, 2.24) is 10.2 Å². The van der Waals surface area contributed by atoms with E-state index in [-0.39, 0.29) is 24.8 Å². The third-order valence-electron chi connectivity index (χ3n) is 5.17. The van der Waals surface area contributed by atoms with E-state index in [1.165, 1.54) is 14.2 Å². The Morgan fingerprint density at radius 3 is 2.39 bits per heavy atom. The van der Waals surface area contributed by atoms with E-state index in [0.29, 0.717) is 53.3 Å². The Labute approximate surface area is 191 Å². The highest BCUT2D eigenvalue weighted by Crippen LogP contribution is 2.33. The molecule has 0 atom stereocenters. The van der Waals surface area contributed by atoms with Crippen molar-refractivity contribution in [3.05, 3.63) is 52.0 Å². The predicted octanol–water partition coefficient (Wildman–Crippen LogP) is 3.48. The van der Waals surface area contributed by atoms with Crippen LogP contribution in [0.3, 0.4) is 0 Å². The molecule has 1 heterocycles. The molecule has 31 heavy (non-hydrogen) atoms. The molecule has 9 heteroatoms. The number of carbonyl (C=O) groups excluding carboxylic acids is 2. The Morgan fingerprint density at radius 2 is 1.71 bits per heavy atom. The van der Waals surface area contributed by atoms with Gasteiger partial charge < -0.3 is 24.6 Å². The second-order valence-electron chi connectivity index (χ2n) is 7.02. The molecular weight excluding hydrogens is 441 g/mol. The van der Waals surface area contributed by atoms with Gasteiger partial charge in [0.25, 0.3) is 5.91 Å². The fraction of sp³-hybridized carbons (Fsp3) is 0.364. The first-order valence-electron chi connectivity index (χ1n) is 9.91. The molecule has 1 aliphatic heterocycles. The molecule has 2 aromatic rings. The van der Waals surface area contributed by atoms with Crippen LogP contribution >= 0.6 is 23.2 Å². The van der Waals surface area contributed by atoms with Crippen molar-refractivity contribution in [1.29, 1.82) is 0 Å². The summed E-state index contributed by atoms with van der Waals surface area (Å²) in [5.41, 5.74) is 1.32. The first kappa shape index (κ1) is 23.0. The lowest BCUT2D eigenvalue weighted by Crippen LogP contribution is -2.49. The van der Waals surface area contributed by atoms with E-state index < -0.39 is 0 Å². The highest BCUT2D eigenvalue weighted by atomic mass is 35.5. The zero-order valence-electron chi connectivity index (χ0n) is 17.5. The molecular formula is C22H25Cl2N3O4. The molecule has 7 nitrogen and oxygen atoms in total. The van der Waals surface area contributed by atoms with Crippen LogP contribution in [0.5, 0.6) is 11.5 Å². The van der Waals surface area contributed by atoms with Crippen molar-refractivity contribution >= 4 is 40.7 Å². The van der Waals surface area contributed by atoms with Gasteiger partial charge in [0.1, 0.15) is 0 Å². The van der Waals surface area contributed by atoms with E-state index >= 15 is 0 Å². The monoisotopic (exact) mass is 465 g/mol. The maximum absolute atomic E-state index is 12.5. The second kappa shape index (κ2) is 10.6. The number of amides is 2. The topological polar surface area (TPSA) is 71.1 Å². The van der Waals surface area contributed by atoms with E-state index in [2.05, 4.69) is 10.2 Å². The summed E-state index contributed by atoms with van der Waals surface area (Å²) < 4.78 is 10.4. The fourth-order valence-corrected chi connectivity index (χ4v) is 3.87. The van der Waals surface area contributed by atoms with Crippen LogP contribution in [0.15, 0.2) is 36.4 Å². The summed E-state index contributed by atoms with van der Waals surface area (Å²) in [5, 5.41) is 3.83. The van der Waals surface area contributed by atoms with Gasteiger partial charge in [-0.3, -0.25) is 9.59 Å². The molecule has 2 amide bonds. The number of methoxy groups -OCH3 is 2. The minimum absolute atomic E-state index is 0.00412. The first-order valence-corrected chi connectivity index (χ1v) is 10.7. The third-order valence-corrected chi connectivity index (χ3v) is 5.98. The number of hydrogen-bond acceptors (Lipinski definition) is 5. The lowest BCUT2D eigenvalue weighted by Gasteiger charge is -2.36. The van der Waals surface area contributed by atoms with Crippen LogP contribution in [0.2, 0.25) is 10.0 Å². The Morgan fingerprint density at radius 1 is 1.00 bits per heavy atom. The molecule has 0 saturated carbocycles. The predicted molar refractivity (Wildman–Crippen MR) is 122 cm³/mol. The van der Waals surface area contributed by atoms with Gasteiger partial charge in [-0.25, -0.2) is 0 Å². The highest BCUT2D eigenvalue weighted by Gasteiger charge is 2.23. The molecule has 3 rings (SSSR count). The molecule has 0 unspecified atom stereocenters. The van der Waals surface area contributed by atoms with Crippen LogP contribution in [-0.4, -0.2) is 63.7 Å². The van der Waals surface area contributed by atoms with Crippen molar-refractivity contribution in [2.75, 3.05) is 51.8 Å². The SMILES string of the molecule is COc1ccc(C(=O)NCCC(=O)N2CCN(c3cccc(Cl)c3Cl)CC2)cc1OC. The second-order valence-corrected chi connectivity index (χ2v) is 7.80. The normalized spacial score (nSPS) is 13.7. The van der Waals surface area contributed by atoms with Gasteiger partial charge in [0.05, 0.1) is 30.0 Å². The Hall–Kier alpha value is -2.64. The van der Waals surface area contributed by atoms with Crippen LogP contribution in [0.25, 0.3) is 0 Å². The van der Waals surface area contributed by atoms with E-state index in [4.69, 9.17) is 32.7 Å². The average molecular weight is 466 g/mol. The number of nitrogens with one attached hydrogen (secondary N) is 1. The van der Waals surface area contributed by atoms with Crippen molar-refractivity contribution in [3.8, 4) is 11.5 Å². The number of halogens is 2. The number of hydrogen-bond donors (Lipinski definition) is 1. The summed E-state index contributed by atoms with van der Waals surface area (Å²) in [6.45, 7) is 2.77. The van der Waals surface area contributed by atoms with Gasteiger partial charge in [-0.2, -0.15) is 0 Å². The van der Waals surface area contributed by atoms with Crippen LogP contribution in [0, 0.1) is 0 Å². The molecule has 1 saturated heterocycles. The van der Waals surface area contributed by atoms with E-state index in [9.17, 15) is 9.59 Å². The summed E-state index contributed by atoms with van der Waals surface area (Å²) in [5.74, 6) is 0.759. The maximum Gasteiger partial charge on any atom is 0.251 e. The van der Waals surface area contributed by atoms with Gasteiger partial charge in [-0.1, -0.05) is 29.3 Å². The Balaban J connectivity index is 1.46. The quantitative estimate of drug-likeness (QED) is 0.677. The van der Waals surface area contributed by atoms with E-state index in [1.54, 1.807) is 29.2 Å². The van der Waals surface area contributed by atoms with Gasteiger partial charge in [0.15, 0.2) is 11.5 Å². The zero-order chi connectivity index (χ0) is 22.4. The fourth-order valence-electron chi connectivity index (χ4n) is 3.45. The molecule has 1 aliphatic rings. The average Bonchev–Trinajstić information content (AvgIpc) is 2.80. The summed E-state index contributed by atoms with van der Waals surface area (Å²) in [6, 6.07) is 10.5. The number of rotatable bonds is 7. The molecule has 1 fully saturated rings. The molecule has 0 radical (unpaired) electrons. The van der Waals surface area contributed by atoms with E-state index in [1.807, 2.05) is 12.1 Å². The number of ether oxygens (including phenoxy) is 2. The lowest BCUT2D eigenvalue weighted by atomic mass is 10.2. The molecule has 0 aromatic heterocycles. The summed E-state index contributed by atoms with van der Waals surface area (Å²) >= 11 is 12.4. The standard InChI is InChI=1S/C22H25Cl2N3O4/c1-30-18-7-6-15(14-19(18)31-2)22(29)25-9-8-20(28)27-12-10-26(11-13-27)17-5-3-4-16(23)21(17)24/h3-7,14H,8-13H2,1-2H3,(H,25,29). The van der Waals surface area contributed by atoms with Crippen LogP contribution in [0.1, 0.15) is 16.8 Å². The van der Waals surface area contributed by atoms with Gasteiger partial charge >= 0.3 is 0 Å². The maximum atomic E-state index is 12.5. The summed E-state index contributed by atoms with van der Waals surface area (Å²) in [4.78, 5) is 28.8. The van der Waals surface area contributed by atoms with E-state index in [0.717, 1.165) is 5.69 Å². The lowest BCUT2D eigenvalue weighted by molar-refractivity contribution is -0.131. The van der Waals surface area contributed by atoms with Crippen molar-refractivity contribution in [2.45, 2.75) is 6.42 Å². The number of benzene rings is 2. The smallest absolute Gasteiger partial charge is 0.251 e. The minimum Gasteiger partial charge on any atom is -0.493 e. The third kappa shape index (κ3) is 5.54. The van der Waals surface area contributed by atoms with Crippen molar-refractivity contribution in [3.63, 3.8) is 0 Å². The molecule has 1 N–H and O–H groups in total. The van der Waals surface area contributed by atoms with Gasteiger partial charge in [0.2, 0.25) is 5.91 Å². The molecule has 0 spiro atoms.